The van der Waals surface area contributed by atoms with Crippen molar-refractivity contribution in [2.75, 3.05) is 0 Å². The van der Waals surface area contributed by atoms with Crippen molar-refractivity contribution >= 4 is 0 Å². The van der Waals surface area contributed by atoms with Crippen LogP contribution in [0.3, 0.4) is 0 Å². The van der Waals surface area contributed by atoms with E-state index < -0.39 is 0 Å². The molecule has 0 heteroatoms. The van der Waals surface area contributed by atoms with Crippen molar-refractivity contribution in [2.24, 2.45) is 17.3 Å². The lowest BCUT2D eigenvalue weighted by Crippen LogP contribution is -2.13. The zero-order valence-corrected chi connectivity index (χ0v) is 9.19. The van der Waals surface area contributed by atoms with Gasteiger partial charge in [0.1, 0.15) is 0 Å². The molecule has 1 aliphatic carbocycles. The second kappa shape index (κ2) is 3.81. The molecule has 12 heavy (non-hydrogen) atoms. The zero-order valence-electron chi connectivity index (χ0n) is 9.19. The Balaban J connectivity index is 2.45. The molecule has 0 aromatic carbocycles. The highest BCUT2D eigenvalue weighted by Gasteiger charge is 2.35. The molecule has 1 fully saturated rings. The minimum atomic E-state index is 0.689. The Hall–Kier alpha value is 0. The van der Waals surface area contributed by atoms with E-state index in [0.717, 1.165) is 11.8 Å². The molecule has 0 amide bonds. The molecule has 0 saturated heterocycles. The summed E-state index contributed by atoms with van der Waals surface area (Å²) < 4.78 is 0. The van der Waals surface area contributed by atoms with Crippen LogP contribution in [0.25, 0.3) is 0 Å². The Morgan fingerprint density at radius 3 is 2.50 bits per heavy atom. The van der Waals surface area contributed by atoms with Crippen LogP contribution in [0, 0.1) is 17.3 Å². The lowest BCUT2D eigenvalue weighted by molar-refractivity contribution is 0.275. The Morgan fingerprint density at radius 2 is 2.08 bits per heavy atom. The highest BCUT2D eigenvalue weighted by atomic mass is 14.4. The van der Waals surface area contributed by atoms with E-state index in [4.69, 9.17) is 0 Å². The average Bonchev–Trinajstić information content (AvgIpc) is 2.48. The summed E-state index contributed by atoms with van der Waals surface area (Å²) in [4.78, 5) is 0. The first-order valence-corrected chi connectivity index (χ1v) is 5.61. The maximum absolute atomic E-state index is 2.47. The van der Waals surface area contributed by atoms with E-state index in [1.807, 2.05) is 0 Å². The molecule has 1 saturated carbocycles. The molecule has 0 heterocycles. The molecule has 0 nitrogen and oxygen atoms in total. The van der Waals surface area contributed by atoms with Gasteiger partial charge < -0.3 is 0 Å². The monoisotopic (exact) mass is 168 g/mol. The molecule has 0 aromatic rings. The van der Waals surface area contributed by atoms with Gasteiger partial charge in [-0.2, -0.15) is 0 Å². The van der Waals surface area contributed by atoms with Crippen LogP contribution in [0.2, 0.25) is 0 Å². The van der Waals surface area contributed by atoms with Gasteiger partial charge in [-0.3, -0.25) is 0 Å². The smallest absolute Gasteiger partial charge is 0.0326 e. The third-order valence-corrected chi connectivity index (χ3v) is 4.18. The average molecular weight is 168 g/mol. The highest BCUT2D eigenvalue weighted by molar-refractivity contribution is 4.86. The van der Waals surface area contributed by atoms with Crippen LogP contribution in [0.5, 0.6) is 0 Å². The van der Waals surface area contributed by atoms with E-state index in [2.05, 4.69) is 27.7 Å². The lowest BCUT2D eigenvalue weighted by atomic mass is 9.82. The minimum absolute atomic E-state index is 0.689. The van der Waals surface area contributed by atoms with Gasteiger partial charge in [-0.1, -0.05) is 40.5 Å². The van der Waals surface area contributed by atoms with Crippen molar-refractivity contribution in [1.82, 2.24) is 0 Å². The summed E-state index contributed by atoms with van der Waals surface area (Å²) in [6, 6.07) is 0. The van der Waals surface area contributed by atoms with Crippen LogP contribution in [0.1, 0.15) is 59.8 Å². The molecule has 3 unspecified atom stereocenters. The molecule has 0 aliphatic heterocycles. The topological polar surface area (TPSA) is 0 Å². The third kappa shape index (κ3) is 2.02. The maximum Gasteiger partial charge on any atom is -0.0326 e. The zero-order chi connectivity index (χ0) is 9.19. The van der Waals surface area contributed by atoms with Gasteiger partial charge in [-0.15, -0.1) is 0 Å². The number of rotatable bonds is 3. The molecule has 0 spiro atoms. The maximum atomic E-state index is 2.47. The summed E-state index contributed by atoms with van der Waals surface area (Å²) >= 11 is 0. The Labute approximate surface area is 77.7 Å². The summed E-state index contributed by atoms with van der Waals surface area (Å²) in [5.74, 6) is 1.98. The molecule has 0 N–H and O–H groups in total. The van der Waals surface area contributed by atoms with Crippen molar-refractivity contribution in [3.8, 4) is 0 Å². The van der Waals surface area contributed by atoms with Gasteiger partial charge in [0.25, 0.3) is 0 Å². The molecular weight excluding hydrogens is 144 g/mol. The largest absolute Gasteiger partial charge is 0.0651 e. The quantitative estimate of drug-likeness (QED) is 0.591. The fourth-order valence-electron chi connectivity index (χ4n) is 2.51. The standard InChI is InChI=1S/C12H24/c1-5-10(3)11-7-8-12(4,6-2)9-11/h10-11H,5-9H2,1-4H3. The predicted molar refractivity (Wildman–Crippen MR) is 55.2 cm³/mol. The molecular formula is C12H24. The summed E-state index contributed by atoms with van der Waals surface area (Å²) in [6.45, 7) is 9.56. The van der Waals surface area contributed by atoms with Crippen LogP contribution >= 0.6 is 0 Å². The van der Waals surface area contributed by atoms with Crippen LogP contribution in [-0.2, 0) is 0 Å². The molecule has 0 bridgehead atoms. The minimum Gasteiger partial charge on any atom is -0.0651 e. The molecule has 3 atom stereocenters. The third-order valence-electron chi connectivity index (χ3n) is 4.18. The van der Waals surface area contributed by atoms with E-state index in [1.165, 1.54) is 32.1 Å². The summed E-state index contributed by atoms with van der Waals surface area (Å²) in [5, 5.41) is 0. The molecule has 1 rings (SSSR count). The molecule has 0 radical (unpaired) electrons. The van der Waals surface area contributed by atoms with Crippen LogP contribution in [0.15, 0.2) is 0 Å². The Bertz CT molecular complexity index is 139. The SMILES string of the molecule is CCC(C)C1CCC(C)(CC)C1. The van der Waals surface area contributed by atoms with Gasteiger partial charge in [0.2, 0.25) is 0 Å². The number of hydrogen-bond donors (Lipinski definition) is 0. The van der Waals surface area contributed by atoms with E-state index in [0.29, 0.717) is 5.41 Å². The van der Waals surface area contributed by atoms with E-state index in [-0.39, 0.29) is 0 Å². The van der Waals surface area contributed by atoms with Gasteiger partial charge >= 0.3 is 0 Å². The van der Waals surface area contributed by atoms with Crippen molar-refractivity contribution in [2.45, 2.75) is 59.8 Å². The first-order chi connectivity index (χ1) is 5.61. The Morgan fingerprint density at radius 1 is 1.42 bits per heavy atom. The lowest BCUT2D eigenvalue weighted by Gasteiger charge is -2.23. The summed E-state index contributed by atoms with van der Waals surface area (Å²) in [7, 11) is 0. The second-order valence-electron chi connectivity index (χ2n) is 5.05. The first-order valence-electron chi connectivity index (χ1n) is 5.61. The summed E-state index contributed by atoms with van der Waals surface area (Å²) in [5.41, 5.74) is 0.689. The first kappa shape index (κ1) is 10.1. The number of hydrogen-bond acceptors (Lipinski definition) is 0. The predicted octanol–water partition coefficient (Wildman–Crippen LogP) is 4.25. The van der Waals surface area contributed by atoms with Crippen molar-refractivity contribution < 1.29 is 0 Å². The van der Waals surface area contributed by atoms with Gasteiger partial charge in [-0.25, -0.2) is 0 Å². The van der Waals surface area contributed by atoms with Gasteiger partial charge in [-0.05, 0) is 36.5 Å². The molecule has 72 valence electrons. The normalized spacial score (nSPS) is 38.5. The summed E-state index contributed by atoms with van der Waals surface area (Å²) in [6.07, 6.45) is 7.18. The van der Waals surface area contributed by atoms with Crippen molar-refractivity contribution in [3.63, 3.8) is 0 Å². The van der Waals surface area contributed by atoms with Crippen LogP contribution < -0.4 is 0 Å². The fourth-order valence-corrected chi connectivity index (χ4v) is 2.51. The van der Waals surface area contributed by atoms with E-state index in [9.17, 15) is 0 Å². The second-order valence-corrected chi connectivity index (χ2v) is 5.05. The van der Waals surface area contributed by atoms with Crippen LogP contribution in [0.4, 0.5) is 0 Å². The van der Waals surface area contributed by atoms with E-state index >= 15 is 0 Å². The van der Waals surface area contributed by atoms with Crippen molar-refractivity contribution in [1.29, 1.82) is 0 Å². The Kier molecular flexibility index (Phi) is 3.20. The van der Waals surface area contributed by atoms with Gasteiger partial charge in [0, 0.05) is 0 Å². The van der Waals surface area contributed by atoms with Gasteiger partial charge in [0.15, 0.2) is 0 Å². The van der Waals surface area contributed by atoms with Crippen molar-refractivity contribution in [3.05, 3.63) is 0 Å². The fraction of sp³-hybridized carbons (Fsp3) is 1.00. The highest BCUT2D eigenvalue weighted by Crippen LogP contribution is 2.46. The van der Waals surface area contributed by atoms with E-state index in [1.54, 1.807) is 0 Å². The van der Waals surface area contributed by atoms with Gasteiger partial charge in [0.05, 0.1) is 0 Å². The molecule has 1 aliphatic rings. The molecule has 0 aromatic heterocycles. The van der Waals surface area contributed by atoms with Crippen LogP contribution in [-0.4, -0.2) is 0 Å².